The molecule has 98 valence electrons. The van der Waals surface area contributed by atoms with Crippen LogP contribution in [0.5, 0.6) is 0 Å². The largest absolute Gasteiger partial charge is 0.292 e. The Hall–Kier alpha value is -2.69. The van der Waals surface area contributed by atoms with E-state index in [2.05, 4.69) is 9.98 Å². The molecule has 5 heteroatoms. The van der Waals surface area contributed by atoms with Crippen molar-refractivity contribution in [2.45, 2.75) is 6.42 Å². The lowest BCUT2D eigenvalue weighted by Crippen LogP contribution is -2.27. The fraction of sp³-hybridized carbons (Fsp3) is 0.0667. The third-order valence-corrected chi connectivity index (χ3v) is 3.00. The Kier molecular flexibility index (Phi) is 2.95. The topological polar surface area (TPSA) is 59.4 Å². The summed E-state index contributed by atoms with van der Waals surface area (Å²) in [6.45, 7) is 0. The van der Waals surface area contributed by atoms with Gasteiger partial charge in [-0.2, -0.15) is 0 Å². The third kappa shape index (κ3) is 2.14. The lowest BCUT2D eigenvalue weighted by atomic mass is 9.92. The summed E-state index contributed by atoms with van der Waals surface area (Å²) in [5, 5.41) is 0. The summed E-state index contributed by atoms with van der Waals surface area (Å²) in [6.07, 6.45) is 1.40. The number of Topliss-reactive ketones (excluding diaryl/α,β-unsaturated/α-hetero) is 2. The van der Waals surface area contributed by atoms with E-state index < -0.39 is 0 Å². The number of aliphatic imine (C=N–C) groups is 1. The van der Waals surface area contributed by atoms with Gasteiger partial charge in [0.05, 0.1) is 23.4 Å². The number of halogens is 1. The van der Waals surface area contributed by atoms with Gasteiger partial charge in [0.1, 0.15) is 11.5 Å². The third-order valence-electron chi connectivity index (χ3n) is 3.00. The van der Waals surface area contributed by atoms with Crippen molar-refractivity contribution in [3.05, 3.63) is 59.7 Å². The van der Waals surface area contributed by atoms with E-state index in [9.17, 15) is 14.0 Å². The Bertz CT molecular complexity index is 736. The van der Waals surface area contributed by atoms with Crippen LogP contribution >= 0.6 is 0 Å². The Labute approximate surface area is 114 Å². The summed E-state index contributed by atoms with van der Waals surface area (Å²) in [5.74, 6) is -0.923. The zero-order chi connectivity index (χ0) is 14.1. The molecule has 1 aliphatic rings. The Balaban J connectivity index is 2.03. The number of benzene rings is 1. The molecule has 0 N–H and O–H groups in total. The molecule has 2 aromatic rings. The second-order valence-corrected chi connectivity index (χ2v) is 4.36. The fourth-order valence-corrected chi connectivity index (χ4v) is 2.04. The van der Waals surface area contributed by atoms with Crippen molar-refractivity contribution in [2.75, 3.05) is 0 Å². The van der Waals surface area contributed by atoms with E-state index >= 15 is 0 Å². The molecule has 20 heavy (non-hydrogen) atoms. The molecule has 0 amide bonds. The van der Waals surface area contributed by atoms with E-state index in [0.29, 0.717) is 5.69 Å². The van der Waals surface area contributed by atoms with Crippen LogP contribution in [0.1, 0.15) is 27.3 Å². The molecule has 0 unspecified atom stereocenters. The number of carbonyl (C=O) groups excluding carboxylic acids is 2. The van der Waals surface area contributed by atoms with E-state index in [1.165, 1.54) is 30.5 Å². The minimum atomic E-state index is -0.380. The van der Waals surface area contributed by atoms with Gasteiger partial charge in [-0.3, -0.25) is 14.6 Å². The van der Waals surface area contributed by atoms with Gasteiger partial charge in [0, 0.05) is 6.20 Å². The van der Waals surface area contributed by atoms with Crippen molar-refractivity contribution in [1.29, 1.82) is 0 Å². The van der Waals surface area contributed by atoms with Gasteiger partial charge in [-0.25, -0.2) is 9.38 Å². The molecule has 0 saturated carbocycles. The lowest BCUT2D eigenvalue weighted by molar-refractivity contribution is 0.0960. The first-order valence-corrected chi connectivity index (χ1v) is 6.01. The highest BCUT2D eigenvalue weighted by Gasteiger charge is 2.29. The zero-order valence-electron chi connectivity index (χ0n) is 10.3. The maximum atomic E-state index is 12.8. The number of hydrogen-bond donors (Lipinski definition) is 0. The molecule has 1 heterocycles. The van der Waals surface area contributed by atoms with Crippen molar-refractivity contribution in [3.8, 4) is 0 Å². The van der Waals surface area contributed by atoms with Gasteiger partial charge in [-0.1, -0.05) is 0 Å². The van der Waals surface area contributed by atoms with Crippen molar-refractivity contribution >= 4 is 23.0 Å². The van der Waals surface area contributed by atoms with Crippen molar-refractivity contribution < 1.29 is 14.0 Å². The summed E-state index contributed by atoms with van der Waals surface area (Å²) in [4.78, 5) is 32.2. The first kappa shape index (κ1) is 12.3. The van der Waals surface area contributed by atoms with E-state index in [4.69, 9.17) is 0 Å². The van der Waals surface area contributed by atoms with Crippen LogP contribution in [0.3, 0.4) is 0 Å². The molecular weight excluding hydrogens is 259 g/mol. The number of fused-ring (bicyclic) bond motifs is 1. The average molecular weight is 268 g/mol. The van der Waals surface area contributed by atoms with Crippen molar-refractivity contribution in [2.24, 2.45) is 4.99 Å². The van der Waals surface area contributed by atoms with Crippen LogP contribution in [0.25, 0.3) is 0 Å². The van der Waals surface area contributed by atoms with Gasteiger partial charge in [0.15, 0.2) is 5.78 Å². The molecule has 1 aromatic carbocycles. The summed E-state index contributed by atoms with van der Waals surface area (Å²) >= 11 is 0. The van der Waals surface area contributed by atoms with E-state index in [-0.39, 0.29) is 40.8 Å². The molecule has 4 nitrogen and oxygen atoms in total. The molecule has 1 aromatic heterocycles. The standard InChI is InChI=1S/C15H9FN2O2/c16-9-3-5-10(6-4-9)18-12-8-13(19)14-11(15(12)20)2-1-7-17-14/h1-7H,8H2. The number of hydrogen-bond acceptors (Lipinski definition) is 4. The number of nitrogens with zero attached hydrogens (tertiary/aromatic N) is 2. The predicted molar refractivity (Wildman–Crippen MR) is 71.0 cm³/mol. The zero-order valence-corrected chi connectivity index (χ0v) is 10.3. The van der Waals surface area contributed by atoms with Crippen LogP contribution in [0.2, 0.25) is 0 Å². The first-order valence-electron chi connectivity index (χ1n) is 6.01. The number of aromatic nitrogens is 1. The SMILES string of the molecule is O=C1C(=Nc2ccc(F)cc2)CC(=O)c2ncccc21. The second-order valence-electron chi connectivity index (χ2n) is 4.36. The molecule has 0 atom stereocenters. The summed E-state index contributed by atoms with van der Waals surface area (Å²) in [6, 6.07) is 8.58. The molecule has 0 bridgehead atoms. The highest BCUT2D eigenvalue weighted by Crippen LogP contribution is 2.21. The molecule has 0 saturated heterocycles. The van der Waals surface area contributed by atoms with E-state index in [1.54, 1.807) is 12.1 Å². The van der Waals surface area contributed by atoms with Crippen LogP contribution in [0, 0.1) is 5.82 Å². The van der Waals surface area contributed by atoms with Crippen molar-refractivity contribution in [3.63, 3.8) is 0 Å². The smallest absolute Gasteiger partial charge is 0.209 e. The van der Waals surface area contributed by atoms with Crippen LogP contribution < -0.4 is 0 Å². The summed E-state index contributed by atoms with van der Waals surface area (Å²) in [5.41, 5.74) is 1.05. The van der Waals surface area contributed by atoms with E-state index in [1.807, 2.05) is 0 Å². The molecular formula is C15H9FN2O2. The number of carbonyl (C=O) groups is 2. The molecule has 0 radical (unpaired) electrons. The van der Waals surface area contributed by atoms with Crippen LogP contribution in [0.4, 0.5) is 10.1 Å². The number of pyridine rings is 1. The number of rotatable bonds is 1. The molecule has 1 aliphatic carbocycles. The van der Waals surface area contributed by atoms with Crippen LogP contribution in [-0.4, -0.2) is 22.3 Å². The highest BCUT2D eigenvalue weighted by molar-refractivity contribution is 6.52. The van der Waals surface area contributed by atoms with Gasteiger partial charge in [-0.15, -0.1) is 0 Å². The monoisotopic (exact) mass is 268 g/mol. The fourth-order valence-electron chi connectivity index (χ4n) is 2.04. The molecule has 0 fully saturated rings. The van der Waals surface area contributed by atoms with Crippen molar-refractivity contribution in [1.82, 2.24) is 4.98 Å². The minimum absolute atomic E-state index is 0.0831. The van der Waals surface area contributed by atoms with Gasteiger partial charge >= 0.3 is 0 Å². The first-order chi connectivity index (χ1) is 9.65. The molecule has 0 aliphatic heterocycles. The highest BCUT2D eigenvalue weighted by atomic mass is 19.1. The average Bonchev–Trinajstić information content (AvgIpc) is 2.47. The Morgan fingerprint density at radius 3 is 2.60 bits per heavy atom. The second kappa shape index (κ2) is 4.77. The van der Waals surface area contributed by atoms with Crippen LogP contribution in [-0.2, 0) is 0 Å². The summed E-state index contributed by atoms with van der Waals surface area (Å²) in [7, 11) is 0. The maximum Gasteiger partial charge on any atom is 0.209 e. The number of ketones is 2. The molecule has 0 spiro atoms. The predicted octanol–water partition coefficient (Wildman–Crippen LogP) is 2.76. The van der Waals surface area contributed by atoms with Crippen LogP contribution in [0.15, 0.2) is 47.6 Å². The minimum Gasteiger partial charge on any atom is -0.292 e. The quantitative estimate of drug-likeness (QED) is 0.799. The van der Waals surface area contributed by atoms with Gasteiger partial charge < -0.3 is 0 Å². The van der Waals surface area contributed by atoms with Gasteiger partial charge in [0.2, 0.25) is 5.78 Å². The van der Waals surface area contributed by atoms with Gasteiger partial charge in [0.25, 0.3) is 0 Å². The maximum absolute atomic E-state index is 12.8. The normalized spacial score (nSPS) is 16.4. The lowest BCUT2D eigenvalue weighted by Gasteiger charge is -2.14. The Morgan fingerprint density at radius 1 is 1.10 bits per heavy atom. The van der Waals surface area contributed by atoms with E-state index in [0.717, 1.165) is 0 Å². The van der Waals surface area contributed by atoms with Gasteiger partial charge in [-0.05, 0) is 36.4 Å². The molecule has 3 rings (SSSR count). The summed E-state index contributed by atoms with van der Waals surface area (Å²) < 4.78 is 12.8. The Morgan fingerprint density at radius 2 is 1.85 bits per heavy atom.